The minimum absolute atomic E-state index is 0.0274. The Balaban J connectivity index is 3.46. The van der Waals surface area contributed by atoms with Crippen molar-refractivity contribution in [3.8, 4) is 0 Å². The predicted molar refractivity (Wildman–Crippen MR) is 53.5 cm³/mol. The number of hydrogen-bond acceptors (Lipinski definition) is 5. The molecular formula is C7H18N2O4S. The molecule has 0 heterocycles. The Hall–Kier alpha value is -0.210. The molecule has 0 aromatic carbocycles. The molecule has 0 aliphatic carbocycles. The van der Waals surface area contributed by atoms with Crippen LogP contribution in [-0.2, 0) is 19.5 Å². The van der Waals surface area contributed by atoms with E-state index in [4.69, 9.17) is 10.5 Å². The molecule has 0 atom stereocenters. The van der Waals surface area contributed by atoms with E-state index in [-0.39, 0.29) is 18.9 Å². The summed E-state index contributed by atoms with van der Waals surface area (Å²) < 4.78 is 34.3. The summed E-state index contributed by atoms with van der Waals surface area (Å²) >= 11 is 0. The second kappa shape index (κ2) is 8.13. The minimum Gasteiger partial charge on any atom is -0.384 e. The van der Waals surface area contributed by atoms with Gasteiger partial charge in [-0.05, 0) is 0 Å². The van der Waals surface area contributed by atoms with Crippen molar-refractivity contribution in [1.82, 2.24) is 4.72 Å². The van der Waals surface area contributed by atoms with Crippen molar-refractivity contribution >= 4 is 10.0 Å². The van der Waals surface area contributed by atoms with E-state index in [0.29, 0.717) is 19.8 Å². The lowest BCUT2D eigenvalue weighted by Gasteiger charge is -2.06. The number of sulfonamides is 1. The molecule has 0 aromatic rings. The van der Waals surface area contributed by atoms with Gasteiger partial charge in [-0.15, -0.1) is 0 Å². The zero-order valence-corrected chi connectivity index (χ0v) is 9.18. The summed E-state index contributed by atoms with van der Waals surface area (Å²) in [5.74, 6) is -0.0274. The molecule has 0 fully saturated rings. The summed E-state index contributed by atoms with van der Waals surface area (Å²) in [5, 5.41) is 0. The van der Waals surface area contributed by atoms with Crippen LogP contribution in [0, 0.1) is 0 Å². The van der Waals surface area contributed by atoms with Gasteiger partial charge in [-0.3, -0.25) is 0 Å². The van der Waals surface area contributed by atoms with Gasteiger partial charge in [0, 0.05) is 20.2 Å². The van der Waals surface area contributed by atoms with Gasteiger partial charge in [0.2, 0.25) is 10.0 Å². The molecule has 0 aromatic heterocycles. The van der Waals surface area contributed by atoms with E-state index in [1.807, 2.05) is 0 Å². The number of nitrogens with one attached hydrogen (secondary N) is 1. The molecule has 0 unspecified atom stereocenters. The highest BCUT2D eigenvalue weighted by Crippen LogP contribution is 1.84. The largest absolute Gasteiger partial charge is 0.384 e. The van der Waals surface area contributed by atoms with Gasteiger partial charge < -0.3 is 15.2 Å². The van der Waals surface area contributed by atoms with Crippen LogP contribution in [0.1, 0.15) is 0 Å². The van der Waals surface area contributed by atoms with E-state index in [1.165, 1.54) is 7.11 Å². The van der Waals surface area contributed by atoms with Crippen LogP contribution < -0.4 is 10.5 Å². The molecule has 86 valence electrons. The van der Waals surface area contributed by atoms with Gasteiger partial charge in [-0.25, -0.2) is 13.1 Å². The summed E-state index contributed by atoms with van der Waals surface area (Å²) in [7, 11) is -1.76. The van der Waals surface area contributed by atoms with Gasteiger partial charge in [-0.1, -0.05) is 0 Å². The number of methoxy groups -OCH3 is 1. The quantitative estimate of drug-likeness (QED) is 0.468. The van der Waals surface area contributed by atoms with Crippen LogP contribution in [0.15, 0.2) is 0 Å². The molecule has 0 aliphatic rings. The third-order valence-corrected chi connectivity index (χ3v) is 2.73. The number of nitrogens with two attached hydrogens (primary N) is 1. The van der Waals surface area contributed by atoms with Gasteiger partial charge in [0.25, 0.3) is 0 Å². The highest BCUT2D eigenvalue weighted by molar-refractivity contribution is 7.89. The van der Waals surface area contributed by atoms with E-state index in [2.05, 4.69) is 9.46 Å². The zero-order chi connectivity index (χ0) is 10.9. The van der Waals surface area contributed by atoms with Crippen molar-refractivity contribution in [3.05, 3.63) is 0 Å². The first kappa shape index (κ1) is 13.8. The highest BCUT2D eigenvalue weighted by Gasteiger charge is 2.07. The van der Waals surface area contributed by atoms with E-state index in [1.54, 1.807) is 0 Å². The molecule has 0 rings (SSSR count). The van der Waals surface area contributed by atoms with Crippen LogP contribution in [0.4, 0.5) is 0 Å². The first-order chi connectivity index (χ1) is 6.62. The number of rotatable bonds is 9. The Morgan fingerprint density at radius 1 is 1.29 bits per heavy atom. The summed E-state index contributed by atoms with van der Waals surface area (Å²) in [4.78, 5) is 0. The minimum atomic E-state index is -3.22. The van der Waals surface area contributed by atoms with Gasteiger partial charge >= 0.3 is 0 Å². The fraction of sp³-hybridized carbons (Fsp3) is 1.00. The third-order valence-electron chi connectivity index (χ3n) is 1.39. The molecule has 14 heavy (non-hydrogen) atoms. The van der Waals surface area contributed by atoms with E-state index in [9.17, 15) is 8.42 Å². The van der Waals surface area contributed by atoms with Crippen molar-refractivity contribution in [1.29, 1.82) is 0 Å². The second-order valence-electron chi connectivity index (χ2n) is 2.61. The van der Waals surface area contributed by atoms with E-state index < -0.39 is 10.0 Å². The van der Waals surface area contributed by atoms with Crippen molar-refractivity contribution in [2.45, 2.75) is 0 Å². The molecule has 0 amide bonds. The third kappa shape index (κ3) is 8.39. The summed E-state index contributed by atoms with van der Waals surface area (Å²) in [6.07, 6.45) is 0. The van der Waals surface area contributed by atoms with Gasteiger partial charge in [0.1, 0.15) is 0 Å². The molecule has 0 saturated carbocycles. The number of hydrogen-bond donors (Lipinski definition) is 2. The molecule has 0 aliphatic heterocycles. The Labute approximate surface area is 84.8 Å². The molecule has 6 nitrogen and oxygen atoms in total. The molecule has 0 radical (unpaired) electrons. The van der Waals surface area contributed by atoms with Crippen LogP contribution in [0.5, 0.6) is 0 Å². The second-order valence-corrected chi connectivity index (χ2v) is 4.53. The average molecular weight is 226 g/mol. The molecule has 3 N–H and O–H groups in total. The lowest BCUT2D eigenvalue weighted by atomic mass is 10.7. The Kier molecular flexibility index (Phi) is 8.01. The lowest BCUT2D eigenvalue weighted by molar-refractivity contribution is 0.147. The van der Waals surface area contributed by atoms with Crippen LogP contribution in [0.3, 0.4) is 0 Å². The fourth-order valence-electron chi connectivity index (χ4n) is 0.720. The predicted octanol–water partition coefficient (Wildman–Crippen LogP) is -1.47. The molecule has 0 spiro atoms. The standard InChI is InChI=1S/C7H18N2O4S/c1-12-6-7-14(10,11)9-3-5-13-4-2-8/h9H,2-8H2,1H3. The van der Waals surface area contributed by atoms with Gasteiger partial charge in [0.05, 0.1) is 25.6 Å². The van der Waals surface area contributed by atoms with E-state index >= 15 is 0 Å². The molecule has 7 heteroatoms. The number of ether oxygens (including phenoxy) is 2. The Bertz CT molecular complexity index is 218. The van der Waals surface area contributed by atoms with Crippen molar-refractivity contribution in [2.75, 3.05) is 45.8 Å². The summed E-state index contributed by atoms with van der Waals surface area (Å²) in [5.41, 5.74) is 5.18. The Morgan fingerprint density at radius 3 is 2.57 bits per heavy atom. The van der Waals surface area contributed by atoms with Gasteiger partial charge in [0.15, 0.2) is 0 Å². The van der Waals surface area contributed by atoms with Crippen LogP contribution in [0.25, 0.3) is 0 Å². The smallest absolute Gasteiger partial charge is 0.213 e. The fourth-order valence-corrected chi connectivity index (χ4v) is 1.64. The molecular weight excluding hydrogens is 208 g/mol. The van der Waals surface area contributed by atoms with Crippen molar-refractivity contribution < 1.29 is 17.9 Å². The maximum absolute atomic E-state index is 11.2. The normalized spacial score (nSPS) is 11.9. The first-order valence-corrected chi connectivity index (χ1v) is 6.01. The average Bonchev–Trinajstić information content (AvgIpc) is 2.15. The molecule has 0 saturated heterocycles. The summed E-state index contributed by atoms with van der Waals surface area (Å²) in [6.45, 7) is 1.69. The zero-order valence-electron chi connectivity index (χ0n) is 8.36. The topological polar surface area (TPSA) is 90.7 Å². The monoisotopic (exact) mass is 226 g/mol. The van der Waals surface area contributed by atoms with Crippen LogP contribution in [-0.4, -0.2) is 54.2 Å². The maximum Gasteiger partial charge on any atom is 0.213 e. The maximum atomic E-state index is 11.2. The first-order valence-electron chi connectivity index (χ1n) is 4.36. The van der Waals surface area contributed by atoms with Crippen LogP contribution in [0.2, 0.25) is 0 Å². The van der Waals surface area contributed by atoms with E-state index in [0.717, 1.165) is 0 Å². The summed E-state index contributed by atoms with van der Waals surface area (Å²) in [6, 6.07) is 0. The molecule has 0 bridgehead atoms. The van der Waals surface area contributed by atoms with Crippen LogP contribution >= 0.6 is 0 Å². The van der Waals surface area contributed by atoms with Crippen molar-refractivity contribution in [3.63, 3.8) is 0 Å². The Morgan fingerprint density at radius 2 is 2.00 bits per heavy atom. The lowest BCUT2D eigenvalue weighted by Crippen LogP contribution is -2.31. The van der Waals surface area contributed by atoms with Gasteiger partial charge in [-0.2, -0.15) is 0 Å². The van der Waals surface area contributed by atoms with Crippen molar-refractivity contribution in [2.24, 2.45) is 5.73 Å². The highest BCUT2D eigenvalue weighted by atomic mass is 32.2. The SMILES string of the molecule is COCCS(=O)(=O)NCCOCCN.